The van der Waals surface area contributed by atoms with Gasteiger partial charge in [0.1, 0.15) is 0 Å². The third kappa shape index (κ3) is 54.8. The first-order valence-electron chi connectivity index (χ1n) is 0. The summed E-state index contributed by atoms with van der Waals surface area (Å²) in [7, 11) is 0. The molecule has 0 aromatic rings. The van der Waals surface area contributed by atoms with Crippen molar-refractivity contribution in [3.8, 4) is 0 Å². The zero-order valence-corrected chi connectivity index (χ0v) is 14.5. The van der Waals surface area contributed by atoms with Crippen molar-refractivity contribution in [1.29, 1.82) is 0 Å². The molecule has 7 heteroatoms. The molecule has 0 fully saturated rings. The molecule has 0 spiro atoms. The Labute approximate surface area is 104 Å². The Morgan fingerprint density at radius 3 is 0.571 bits per heavy atom. The molecule has 0 aromatic carbocycles. The maximum atomic E-state index is 0. The van der Waals surface area contributed by atoms with Gasteiger partial charge in [-0.1, -0.05) is 0 Å². The summed E-state index contributed by atoms with van der Waals surface area (Å²) in [5, 5.41) is 0. The van der Waals surface area contributed by atoms with Crippen molar-refractivity contribution in [2.24, 2.45) is 0 Å². The fourth-order valence-electron chi connectivity index (χ4n) is 0. The van der Waals surface area contributed by atoms with Gasteiger partial charge in [-0.2, -0.15) is 0 Å². The Morgan fingerprint density at radius 1 is 0.571 bits per heavy atom. The first kappa shape index (κ1) is 104. The van der Waals surface area contributed by atoms with E-state index in [-0.39, 0.29) is 105 Å². The van der Waals surface area contributed by atoms with Crippen LogP contribution in [0.4, 0.5) is 0 Å². The predicted octanol–water partition coefficient (Wildman–Crippen LogP) is -4.49. The molecule has 0 aliphatic rings. The van der Waals surface area contributed by atoms with Crippen LogP contribution in [0.5, 0.6) is 0 Å². The van der Waals surface area contributed by atoms with Crippen molar-refractivity contribution in [1.82, 2.24) is 0 Å². The Kier molecular flexibility index (Phi) is 1070. The molecule has 0 aliphatic carbocycles. The molecule has 0 saturated heterocycles. The minimum absolute atomic E-state index is 0. The van der Waals surface area contributed by atoms with Gasteiger partial charge in [-0.15, -0.1) is 0 Å². The monoisotopic (exact) mass is 471 g/mol. The fourth-order valence-corrected chi connectivity index (χ4v) is 0. The largest absolute Gasteiger partial charge is 0 e. The number of hydrogen-bond acceptors (Lipinski definition) is 0. The van der Waals surface area contributed by atoms with Crippen molar-refractivity contribution >= 4 is 26.2 Å². The third-order valence-electron chi connectivity index (χ3n) is 0. The molecule has 0 unspecified atom stereocenters. The van der Waals surface area contributed by atoms with E-state index in [1.807, 2.05) is 0 Å². The summed E-state index contributed by atoms with van der Waals surface area (Å²) in [4.78, 5) is 0. The van der Waals surface area contributed by atoms with E-state index in [0.29, 0.717) is 0 Å². The summed E-state index contributed by atoms with van der Waals surface area (Å²) in [6.07, 6.45) is 0. The molecule has 0 bridgehead atoms. The minimum Gasteiger partial charge on any atom is 0 e. The summed E-state index contributed by atoms with van der Waals surface area (Å²) in [6, 6.07) is 0. The standard InChI is InChI=1S/Bi.La.4H2O.Ti.3H/h;;4*1H2;;;;. The van der Waals surface area contributed by atoms with Crippen molar-refractivity contribution in [3.63, 3.8) is 0 Å². The van der Waals surface area contributed by atoms with Crippen LogP contribution in [0.3, 0.4) is 0 Å². The molecule has 8 N–H and O–H groups in total. The van der Waals surface area contributed by atoms with Crippen LogP contribution in [-0.4, -0.2) is 48.1 Å². The Morgan fingerprint density at radius 2 is 0.571 bits per heavy atom. The fraction of sp³-hybridized carbons (Fsp3) is 0. The molecule has 0 saturated carbocycles. The molecule has 0 aromatic heterocycles. The quantitative estimate of drug-likeness (QED) is 0.317. The molecule has 0 amide bonds. The molecular weight excluding hydrogens is 460 g/mol. The van der Waals surface area contributed by atoms with Gasteiger partial charge in [0.2, 0.25) is 0 Å². The van der Waals surface area contributed by atoms with E-state index in [2.05, 4.69) is 0 Å². The Hall–Kier alpha value is 2.63. The average molecular weight is 471 g/mol. The summed E-state index contributed by atoms with van der Waals surface area (Å²) in [5.41, 5.74) is 0. The van der Waals surface area contributed by atoms with Gasteiger partial charge in [0.15, 0.2) is 0 Å². The maximum Gasteiger partial charge on any atom is 0 e. The van der Waals surface area contributed by atoms with Gasteiger partial charge >= 0.3 is 26.2 Å². The SMILES string of the molecule is O.O.O.O.[BiH3].[La].[Ti]. The smallest absolute Gasteiger partial charge is 0 e. The van der Waals surface area contributed by atoms with E-state index < -0.39 is 0 Å². The molecule has 0 atom stereocenters. The van der Waals surface area contributed by atoms with E-state index in [1.165, 1.54) is 0 Å². The van der Waals surface area contributed by atoms with Crippen LogP contribution in [0.15, 0.2) is 0 Å². The third-order valence-corrected chi connectivity index (χ3v) is 0. The van der Waals surface area contributed by atoms with Gasteiger partial charge in [-0.25, -0.2) is 0 Å². The zero-order valence-electron chi connectivity index (χ0n) is 3.78. The van der Waals surface area contributed by atoms with E-state index in [1.54, 1.807) is 0 Å². The van der Waals surface area contributed by atoms with E-state index >= 15 is 0 Å². The molecule has 0 aliphatic heterocycles. The summed E-state index contributed by atoms with van der Waals surface area (Å²) >= 11 is 0. The average Bonchev–Trinajstić information content (AvgIpc) is 0. The second-order valence-electron chi connectivity index (χ2n) is 0. The topological polar surface area (TPSA) is 126 Å². The Bertz CT molecular complexity index is 11.7. The van der Waals surface area contributed by atoms with Gasteiger partial charge in [-0.3, -0.25) is 0 Å². The number of hydrogen-bond donors (Lipinski definition) is 0. The molecule has 4 nitrogen and oxygen atoms in total. The second-order valence-corrected chi connectivity index (χ2v) is 0. The van der Waals surface area contributed by atoms with Gasteiger partial charge < -0.3 is 21.9 Å². The summed E-state index contributed by atoms with van der Waals surface area (Å²) in [6.45, 7) is 0. The van der Waals surface area contributed by atoms with Crippen LogP contribution in [0.1, 0.15) is 0 Å². The van der Waals surface area contributed by atoms with Gasteiger partial charge in [-0.05, 0) is 0 Å². The molecular formula is H11BiLaO4Ti. The van der Waals surface area contributed by atoms with Crippen LogP contribution in [0, 0.1) is 35.6 Å². The molecule has 7 heavy (non-hydrogen) atoms. The van der Waals surface area contributed by atoms with Gasteiger partial charge in [0, 0.05) is 57.3 Å². The van der Waals surface area contributed by atoms with Crippen LogP contribution in [0.2, 0.25) is 0 Å². The normalized spacial score (nSPS) is 0. The summed E-state index contributed by atoms with van der Waals surface area (Å²) in [5.74, 6) is 0. The first-order valence-corrected chi connectivity index (χ1v) is 0. The van der Waals surface area contributed by atoms with Crippen LogP contribution < -0.4 is 0 Å². The van der Waals surface area contributed by atoms with Gasteiger partial charge in [0.05, 0.1) is 0 Å². The molecule has 1 radical (unpaired) electrons. The predicted molar refractivity (Wildman–Crippen MR) is 24.4 cm³/mol. The van der Waals surface area contributed by atoms with E-state index in [0.717, 1.165) is 0 Å². The van der Waals surface area contributed by atoms with Crippen LogP contribution in [-0.2, 0) is 21.7 Å². The van der Waals surface area contributed by atoms with Gasteiger partial charge in [0.25, 0.3) is 0 Å². The number of rotatable bonds is 0. The molecule has 47 valence electrons. The Balaban J connectivity index is 0. The zero-order chi connectivity index (χ0) is 0. The van der Waals surface area contributed by atoms with Crippen molar-refractivity contribution in [2.45, 2.75) is 0 Å². The first-order chi connectivity index (χ1) is 0. The van der Waals surface area contributed by atoms with E-state index in [4.69, 9.17) is 0 Å². The summed E-state index contributed by atoms with van der Waals surface area (Å²) < 4.78 is 0. The molecule has 0 rings (SSSR count). The van der Waals surface area contributed by atoms with Crippen LogP contribution in [0.25, 0.3) is 0 Å². The van der Waals surface area contributed by atoms with Crippen molar-refractivity contribution < 1.29 is 79.2 Å². The van der Waals surface area contributed by atoms with Crippen LogP contribution >= 0.6 is 0 Å². The minimum atomic E-state index is 0. The second kappa shape index (κ2) is 72.6. The van der Waals surface area contributed by atoms with Crippen molar-refractivity contribution in [2.75, 3.05) is 0 Å². The van der Waals surface area contributed by atoms with Crippen molar-refractivity contribution in [3.05, 3.63) is 0 Å². The van der Waals surface area contributed by atoms with E-state index in [9.17, 15) is 0 Å². The molecule has 0 heterocycles. The maximum absolute atomic E-state index is 0.